The first-order chi connectivity index (χ1) is 5.31. The lowest BCUT2D eigenvalue weighted by atomic mass is 10.0. The molecule has 0 heterocycles. The molecule has 1 heteroatoms. The van der Waals surface area contributed by atoms with Gasteiger partial charge in [0.25, 0.3) is 0 Å². The minimum Gasteiger partial charge on any atom is -0.303 e. The average Bonchev–Trinajstić information content (AvgIpc) is 2.01. The summed E-state index contributed by atoms with van der Waals surface area (Å²) in [6, 6.07) is 0. The van der Waals surface area contributed by atoms with Crippen LogP contribution in [-0.2, 0) is 4.79 Å². The van der Waals surface area contributed by atoms with Gasteiger partial charge in [0.05, 0.1) is 0 Å². The third-order valence-corrected chi connectivity index (χ3v) is 1.71. The van der Waals surface area contributed by atoms with Crippen molar-refractivity contribution < 1.29 is 4.79 Å². The highest BCUT2D eigenvalue weighted by Crippen LogP contribution is 2.08. The van der Waals surface area contributed by atoms with Crippen LogP contribution in [0.2, 0.25) is 0 Å². The maximum atomic E-state index is 9.95. The molecular weight excluding hydrogens is 136 g/mol. The topological polar surface area (TPSA) is 17.1 Å². The molecule has 0 amide bonds. The number of carbonyl (C=O) groups is 1. The Labute approximate surface area is 69.5 Å². The maximum absolute atomic E-state index is 9.95. The van der Waals surface area contributed by atoms with Crippen LogP contribution in [-0.4, -0.2) is 6.29 Å². The molecule has 1 nitrogen and oxygen atoms in total. The SMILES string of the molecule is CCCCC(C)C=CCC=O. The average molecular weight is 154 g/mol. The van der Waals surface area contributed by atoms with Gasteiger partial charge in [-0.15, -0.1) is 0 Å². The molecule has 0 radical (unpaired) electrons. The molecule has 0 fully saturated rings. The second-order valence-corrected chi connectivity index (χ2v) is 2.95. The van der Waals surface area contributed by atoms with Crippen LogP contribution in [0.5, 0.6) is 0 Å². The minimum absolute atomic E-state index is 0.566. The van der Waals surface area contributed by atoms with E-state index in [0.717, 1.165) is 6.29 Å². The Bertz CT molecular complexity index is 116. The van der Waals surface area contributed by atoms with Gasteiger partial charge in [-0.1, -0.05) is 38.8 Å². The van der Waals surface area contributed by atoms with Crippen LogP contribution in [0.3, 0.4) is 0 Å². The second-order valence-electron chi connectivity index (χ2n) is 2.95. The van der Waals surface area contributed by atoms with Crippen molar-refractivity contribution >= 4 is 6.29 Å². The van der Waals surface area contributed by atoms with Crippen LogP contribution in [0.15, 0.2) is 12.2 Å². The quantitative estimate of drug-likeness (QED) is 0.424. The fourth-order valence-electron chi connectivity index (χ4n) is 0.989. The molecule has 0 N–H and O–H groups in total. The third-order valence-electron chi connectivity index (χ3n) is 1.71. The Kier molecular flexibility index (Phi) is 7.11. The van der Waals surface area contributed by atoms with Gasteiger partial charge in [0.15, 0.2) is 0 Å². The highest BCUT2D eigenvalue weighted by molar-refractivity contribution is 5.51. The summed E-state index contributed by atoms with van der Waals surface area (Å²) in [5.74, 6) is 0.634. The minimum atomic E-state index is 0.566. The van der Waals surface area contributed by atoms with Crippen molar-refractivity contribution in [1.82, 2.24) is 0 Å². The molecule has 0 bridgehead atoms. The highest BCUT2D eigenvalue weighted by atomic mass is 16.1. The second kappa shape index (κ2) is 7.52. The lowest BCUT2D eigenvalue weighted by molar-refractivity contribution is -0.107. The molecule has 0 aliphatic heterocycles. The molecule has 0 rings (SSSR count). The number of carbonyl (C=O) groups excluding carboxylic acids is 1. The van der Waals surface area contributed by atoms with Gasteiger partial charge >= 0.3 is 0 Å². The number of unbranched alkanes of at least 4 members (excludes halogenated alkanes) is 1. The van der Waals surface area contributed by atoms with Gasteiger partial charge in [0.2, 0.25) is 0 Å². The van der Waals surface area contributed by atoms with Crippen molar-refractivity contribution in [2.24, 2.45) is 5.92 Å². The lowest BCUT2D eigenvalue weighted by Gasteiger charge is -2.02. The molecule has 1 atom stereocenters. The number of rotatable bonds is 6. The molecule has 0 aliphatic rings. The molecule has 1 unspecified atom stereocenters. The van der Waals surface area contributed by atoms with Crippen LogP contribution in [0.25, 0.3) is 0 Å². The summed E-state index contributed by atoms with van der Waals surface area (Å²) in [4.78, 5) is 9.95. The summed E-state index contributed by atoms with van der Waals surface area (Å²) in [5.41, 5.74) is 0. The summed E-state index contributed by atoms with van der Waals surface area (Å²) in [6.07, 6.45) is 9.36. The van der Waals surface area contributed by atoms with Crippen LogP contribution in [0.4, 0.5) is 0 Å². The number of hydrogen-bond donors (Lipinski definition) is 0. The standard InChI is InChI=1S/C10H18O/c1-3-4-7-10(2)8-5-6-9-11/h5,8-10H,3-4,6-7H2,1-2H3. The Morgan fingerprint density at radius 2 is 2.18 bits per heavy atom. The molecule has 0 aliphatic carbocycles. The van der Waals surface area contributed by atoms with E-state index in [-0.39, 0.29) is 0 Å². The summed E-state index contributed by atoms with van der Waals surface area (Å²) < 4.78 is 0. The van der Waals surface area contributed by atoms with Crippen LogP contribution in [0.1, 0.15) is 39.5 Å². The van der Waals surface area contributed by atoms with Gasteiger partial charge in [0.1, 0.15) is 6.29 Å². The number of hydrogen-bond acceptors (Lipinski definition) is 1. The largest absolute Gasteiger partial charge is 0.303 e. The van der Waals surface area contributed by atoms with Crippen LogP contribution >= 0.6 is 0 Å². The first-order valence-corrected chi connectivity index (χ1v) is 4.41. The van der Waals surface area contributed by atoms with E-state index in [1.165, 1.54) is 19.3 Å². The fourth-order valence-corrected chi connectivity index (χ4v) is 0.989. The van der Waals surface area contributed by atoms with Gasteiger partial charge < -0.3 is 4.79 Å². The maximum Gasteiger partial charge on any atom is 0.123 e. The lowest BCUT2D eigenvalue weighted by Crippen LogP contribution is -1.88. The summed E-state index contributed by atoms with van der Waals surface area (Å²) in [7, 11) is 0. The van der Waals surface area contributed by atoms with Crippen LogP contribution in [0, 0.1) is 5.92 Å². The van der Waals surface area contributed by atoms with E-state index in [0.29, 0.717) is 12.3 Å². The van der Waals surface area contributed by atoms with Crippen molar-refractivity contribution in [2.75, 3.05) is 0 Å². The molecule has 11 heavy (non-hydrogen) atoms. The number of aldehydes is 1. The van der Waals surface area contributed by atoms with Crippen LogP contribution < -0.4 is 0 Å². The first-order valence-electron chi connectivity index (χ1n) is 4.41. The Morgan fingerprint density at radius 1 is 1.45 bits per heavy atom. The van der Waals surface area contributed by atoms with E-state index in [4.69, 9.17) is 0 Å². The zero-order valence-electron chi connectivity index (χ0n) is 7.55. The number of allylic oxidation sites excluding steroid dienone is 2. The first kappa shape index (κ1) is 10.4. The molecule has 0 saturated heterocycles. The van der Waals surface area contributed by atoms with Crippen molar-refractivity contribution in [3.05, 3.63) is 12.2 Å². The predicted molar refractivity (Wildman–Crippen MR) is 48.5 cm³/mol. The van der Waals surface area contributed by atoms with Gasteiger partial charge in [-0.2, -0.15) is 0 Å². The molecule has 0 aromatic carbocycles. The molecule has 0 saturated carbocycles. The zero-order valence-corrected chi connectivity index (χ0v) is 7.55. The molecule has 64 valence electrons. The van der Waals surface area contributed by atoms with Crippen molar-refractivity contribution in [3.8, 4) is 0 Å². The van der Waals surface area contributed by atoms with E-state index in [1.54, 1.807) is 0 Å². The molecule has 0 aromatic rings. The van der Waals surface area contributed by atoms with E-state index in [9.17, 15) is 4.79 Å². The monoisotopic (exact) mass is 154 g/mol. The van der Waals surface area contributed by atoms with Gasteiger partial charge in [-0.05, 0) is 12.3 Å². The molecular formula is C10H18O. The third kappa shape index (κ3) is 7.31. The van der Waals surface area contributed by atoms with Gasteiger partial charge in [0, 0.05) is 6.42 Å². The Morgan fingerprint density at radius 3 is 2.73 bits per heavy atom. The zero-order chi connectivity index (χ0) is 8.53. The fraction of sp³-hybridized carbons (Fsp3) is 0.700. The van der Waals surface area contributed by atoms with E-state index in [1.807, 2.05) is 6.08 Å². The van der Waals surface area contributed by atoms with E-state index in [2.05, 4.69) is 19.9 Å². The summed E-state index contributed by atoms with van der Waals surface area (Å²) in [6.45, 7) is 4.39. The van der Waals surface area contributed by atoms with Gasteiger partial charge in [-0.25, -0.2) is 0 Å². The molecule has 0 spiro atoms. The van der Waals surface area contributed by atoms with Crippen molar-refractivity contribution in [1.29, 1.82) is 0 Å². The Hall–Kier alpha value is -0.590. The molecule has 0 aromatic heterocycles. The van der Waals surface area contributed by atoms with Crippen molar-refractivity contribution in [2.45, 2.75) is 39.5 Å². The normalized spacial score (nSPS) is 13.6. The summed E-state index contributed by atoms with van der Waals surface area (Å²) in [5, 5.41) is 0. The van der Waals surface area contributed by atoms with E-state index < -0.39 is 0 Å². The predicted octanol–water partition coefficient (Wildman–Crippen LogP) is 2.96. The highest BCUT2D eigenvalue weighted by Gasteiger charge is 1.93. The van der Waals surface area contributed by atoms with E-state index >= 15 is 0 Å². The smallest absolute Gasteiger partial charge is 0.123 e. The van der Waals surface area contributed by atoms with Gasteiger partial charge in [-0.3, -0.25) is 0 Å². The Balaban J connectivity index is 3.34. The van der Waals surface area contributed by atoms with Crippen molar-refractivity contribution in [3.63, 3.8) is 0 Å². The summed E-state index contributed by atoms with van der Waals surface area (Å²) >= 11 is 0.